The first kappa shape index (κ1) is 11.1. The van der Waals surface area contributed by atoms with Gasteiger partial charge in [0.2, 0.25) is 0 Å². The van der Waals surface area contributed by atoms with Crippen molar-refractivity contribution in [3.8, 4) is 5.75 Å². The second-order valence-electron chi connectivity index (χ2n) is 2.25. The highest BCUT2D eigenvalue weighted by molar-refractivity contribution is 14.1. The molecule has 70 valence electrons. The smallest absolute Gasteiger partial charge is 0.252 e. The van der Waals surface area contributed by atoms with Gasteiger partial charge in [-0.15, -0.1) is 0 Å². The van der Waals surface area contributed by atoms with Crippen molar-refractivity contribution in [2.24, 2.45) is 0 Å². The van der Waals surface area contributed by atoms with Gasteiger partial charge in [-0.05, 0) is 46.3 Å². The van der Waals surface area contributed by atoms with Crippen molar-refractivity contribution in [1.29, 1.82) is 0 Å². The maximum absolute atomic E-state index is 10.8. The summed E-state index contributed by atoms with van der Waals surface area (Å²) in [5.74, 6) is 0.456. The second kappa shape index (κ2) is 4.48. The lowest BCUT2D eigenvalue weighted by atomic mass is 10.2. The number of benzene rings is 1. The zero-order valence-electron chi connectivity index (χ0n) is 6.61. The molecule has 0 bridgehead atoms. The molecule has 0 N–H and O–H groups in total. The molecule has 13 heavy (non-hydrogen) atoms. The highest BCUT2D eigenvalue weighted by Gasteiger charge is 2.10. The van der Waals surface area contributed by atoms with Crippen molar-refractivity contribution >= 4 is 51.0 Å². The van der Waals surface area contributed by atoms with E-state index < -0.39 is 5.24 Å². The largest absolute Gasteiger partial charge is 0.495 e. The lowest BCUT2D eigenvalue weighted by Gasteiger charge is -2.05. The van der Waals surface area contributed by atoms with Gasteiger partial charge in [0.05, 0.1) is 12.1 Å². The average Bonchev–Trinajstić information content (AvgIpc) is 2.09. The van der Waals surface area contributed by atoms with E-state index in [0.29, 0.717) is 16.3 Å². The Morgan fingerprint density at radius 3 is 2.62 bits per heavy atom. The maximum atomic E-state index is 10.8. The van der Waals surface area contributed by atoms with Gasteiger partial charge >= 0.3 is 0 Å². The first-order chi connectivity index (χ1) is 6.06. The van der Waals surface area contributed by atoms with Crippen molar-refractivity contribution < 1.29 is 9.53 Å². The highest BCUT2D eigenvalue weighted by Crippen LogP contribution is 2.31. The van der Waals surface area contributed by atoms with Gasteiger partial charge < -0.3 is 4.74 Å². The van der Waals surface area contributed by atoms with Crippen LogP contribution in [0.1, 0.15) is 10.4 Å². The molecule has 0 saturated carbocycles. The Labute approximate surface area is 99.3 Å². The Hall–Kier alpha value is -0.000000000000000167. The molecule has 0 spiro atoms. The van der Waals surface area contributed by atoms with Crippen LogP contribution in [-0.2, 0) is 0 Å². The van der Waals surface area contributed by atoms with Crippen LogP contribution in [0.25, 0.3) is 0 Å². The molecule has 0 saturated heterocycles. The Kier molecular flexibility index (Phi) is 3.82. The van der Waals surface area contributed by atoms with E-state index in [1.165, 1.54) is 13.2 Å². The third kappa shape index (κ3) is 2.48. The molecule has 0 radical (unpaired) electrons. The van der Waals surface area contributed by atoms with Gasteiger partial charge in [0.1, 0.15) is 5.75 Å². The average molecular weight is 331 g/mol. The fourth-order valence-corrected chi connectivity index (χ4v) is 1.72. The molecule has 0 atom stereocenters. The van der Waals surface area contributed by atoms with Crippen LogP contribution in [0.3, 0.4) is 0 Å². The number of methoxy groups -OCH3 is 1. The predicted molar refractivity (Wildman–Crippen MR) is 60.9 cm³/mol. The van der Waals surface area contributed by atoms with Gasteiger partial charge in [0, 0.05) is 9.13 Å². The zero-order valence-corrected chi connectivity index (χ0v) is 10.3. The molecule has 0 aromatic heterocycles. The number of carbonyl (C=O) groups excluding carboxylic acids is 1. The molecular formula is C8H5Cl2IO2. The molecule has 0 aliphatic heterocycles. The lowest BCUT2D eigenvalue weighted by Crippen LogP contribution is -1.93. The molecule has 0 heterocycles. The standard InChI is InChI=1S/C8H5Cl2IO2/c1-13-6-3-4(8(10)12)2-5(11)7(6)9/h2-3H,1H3. The summed E-state index contributed by atoms with van der Waals surface area (Å²) in [4.78, 5) is 10.8. The SMILES string of the molecule is COc1cc(C(=O)Cl)cc(I)c1Cl. The molecule has 0 amide bonds. The number of halogens is 3. The number of hydrogen-bond acceptors (Lipinski definition) is 2. The first-order valence-corrected chi connectivity index (χ1v) is 5.12. The minimum absolute atomic E-state index is 0.382. The normalized spacial score (nSPS) is 9.85. The molecule has 1 aromatic rings. The molecule has 2 nitrogen and oxygen atoms in total. The minimum Gasteiger partial charge on any atom is -0.495 e. The summed E-state index contributed by atoms with van der Waals surface area (Å²) in [5, 5.41) is -0.0300. The van der Waals surface area contributed by atoms with E-state index in [1.807, 2.05) is 22.6 Å². The van der Waals surface area contributed by atoms with E-state index in [-0.39, 0.29) is 0 Å². The van der Waals surface area contributed by atoms with E-state index in [0.717, 1.165) is 3.57 Å². The van der Waals surface area contributed by atoms with Crippen molar-refractivity contribution in [1.82, 2.24) is 0 Å². The van der Waals surface area contributed by atoms with Gasteiger partial charge in [-0.3, -0.25) is 4.79 Å². The molecule has 0 aliphatic rings. The number of ether oxygens (including phenoxy) is 1. The molecular weight excluding hydrogens is 326 g/mol. The van der Waals surface area contributed by atoms with Crippen LogP contribution in [-0.4, -0.2) is 12.4 Å². The molecule has 0 aliphatic carbocycles. The van der Waals surface area contributed by atoms with Crippen LogP contribution in [0.4, 0.5) is 0 Å². The van der Waals surface area contributed by atoms with E-state index in [9.17, 15) is 4.79 Å². The van der Waals surface area contributed by atoms with Gasteiger partial charge in [-0.25, -0.2) is 0 Å². The van der Waals surface area contributed by atoms with E-state index in [2.05, 4.69) is 0 Å². The Balaban J connectivity index is 3.30. The lowest BCUT2D eigenvalue weighted by molar-refractivity contribution is 0.108. The third-order valence-corrected chi connectivity index (χ3v) is 3.22. The van der Waals surface area contributed by atoms with Crippen LogP contribution in [0.15, 0.2) is 12.1 Å². The van der Waals surface area contributed by atoms with Crippen molar-refractivity contribution in [2.45, 2.75) is 0 Å². The summed E-state index contributed by atoms with van der Waals surface area (Å²) in [5.41, 5.74) is 0.382. The molecule has 5 heteroatoms. The Morgan fingerprint density at radius 2 is 2.15 bits per heavy atom. The predicted octanol–water partition coefficient (Wildman–Crippen LogP) is 3.33. The fraction of sp³-hybridized carbons (Fsp3) is 0.125. The van der Waals surface area contributed by atoms with E-state index in [1.54, 1.807) is 6.07 Å². The van der Waals surface area contributed by atoms with Crippen LogP contribution >= 0.6 is 45.8 Å². The van der Waals surface area contributed by atoms with E-state index in [4.69, 9.17) is 27.9 Å². The van der Waals surface area contributed by atoms with Gasteiger partial charge in [0.25, 0.3) is 5.24 Å². The van der Waals surface area contributed by atoms with Crippen molar-refractivity contribution in [3.05, 3.63) is 26.3 Å². The fourth-order valence-electron chi connectivity index (χ4n) is 0.826. The maximum Gasteiger partial charge on any atom is 0.252 e. The van der Waals surface area contributed by atoms with Crippen LogP contribution < -0.4 is 4.74 Å². The van der Waals surface area contributed by atoms with Gasteiger partial charge in [-0.1, -0.05) is 11.6 Å². The molecule has 1 rings (SSSR count). The number of hydrogen-bond donors (Lipinski definition) is 0. The molecule has 0 unspecified atom stereocenters. The first-order valence-electron chi connectivity index (χ1n) is 3.29. The van der Waals surface area contributed by atoms with Crippen molar-refractivity contribution in [2.75, 3.05) is 7.11 Å². The molecule has 0 fully saturated rings. The van der Waals surface area contributed by atoms with Crippen molar-refractivity contribution in [3.63, 3.8) is 0 Å². The third-order valence-electron chi connectivity index (χ3n) is 1.44. The summed E-state index contributed by atoms with van der Waals surface area (Å²) in [6.45, 7) is 0. The Bertz CT molecular complexity index is 352. The van der Waals surface area contributed by atoms with Crippen LogP contribution in [0, 0.1) is 3.57 Å². The minimum atomic E-state index is -0.520. The van der Waals surface area contributed by atoms with E-state index >= 15 is 0 Å². The van der Waals surface area contributed by atoms with Crippen LogP contribution in [0.2, 0.25) is 5.02 Å². The Morgan fingerprint density at radius 1 is 1.54 bits per heavy atom. The van der Waals surface area contributed by atoms with Gasteiger partial charge in [0.15, 0.2) is 0 Å². The summed E-state index contributed by atoms with van der Waals surface area (Å²) in [6.07, 6.45) is 0. The summed E-state index contributed by atoms with van der Waals surface area (Å²) < 4.78 is 5.71. The monoisotopic (exact) mass is 330 g/mol. The van der Waals surface area contributed by atoms with Gasteiger partial charge in [-0.2, -0.15) is 0 Å². The van der Waals surface area contributed by atoms with Crippen LogP contribution in [0.5, 0.6) is 5.75 Å². The summed E-state index contributed by atoms with van der Waals surface area (Å²) >= 11 is 13.2. The number of carbonyl (C=O) groups is 1. The quantitative estimate of drug-likeness (QED) is 0.614. The summed E-state index contributed by atoms with van der Waals surface area (Å²) in [6, 6.07) is 3.13. The summed E-state index contributed by atoms with van der Waals surface area (Å²) in [7, 11) is 1.49. The topological polar surface area (TPSA) is 26.3 Å². The highest BCUT2D eigenvalue weighted by atomic mass is 127. The zero-order chi connectivity index (χ0) is 10.0. The number of rotatable bonds is 2. The second-order valence-corrected chi connectivity index (χ2v) is 4.13. The molecule has 1 aromatic carbocycles.